The fourth-order valence-corrected chi connectivity index (χ4v) is 1.83. The third-order valence-electron chi connectivity index (χ3n) is 2.87. The van der Waals surface area contributed by atoms with Gasteiger partial charge in [0.25, 0.3) is 0 Å². The third-order valence-corrected chi connectivity index (χ3v) is 2.87. The normalized spacial score (nSPS) is 10.8. The van der Waals surface area contributed by atoms with Gasteiger partial charge in [-0.25, -0.2) is 19.3 Å². The van der Waals surface area contributed by atoms with Gasteiger partial charge in [0.2, 0.25) is 5.91 Å². The van der Waals surface area contributed by atoms with Crippen molar-refractivity contribution < 1.29 is 14.3 Å². The van der Waals surface area contributed by atoms with Crippen LogP contribution in [-0.2, 0) is 23.2 Å². The molecule has 0 aliphatic carbocycles. The number of fused-ring (bicyclic) bond motifs is 1. The first-order valence-electron chi connectivity index (χ1n) is 5.92. The van der Waals surface area contributed by atoms with Gasteiger partial charge in [-0.15, -0.1) is 0 Å². The summed E-state index contributed by atoms with van der Waals surface area (Å²) >= 11 is 0. The Balaban J connectivity index is 2.68. The van der Waals surface area contributed by atoms with Crippen molar-refractivity contribution in [1.29, 1.82) is 0 Å². The molecular weight excluding hydrogens is 264 g/mol. The fraction of sp³-hybridized carbons (Fsp3) is 0.417. The first-order chi connectivity index (χ1) is 9.32. The van der Waals surface area contributed by atoms with Gasteiger partial charge >= 0.3 is 11.7 Å². The molecule has 2 heterocycles. The topological polar surface area (TPSA) is 96.1 Å². The van der Waals surface area contributed by atoms with Gasteiger partial charge in [0, 0.05) is 20.9 Å². The lowest BCUT2D eigenvalue weighted by atomic mass is 10.3. The highest BCUT2D eigenvalue weighted by Crippen LogP contribution is 2.12. The average molecular weight is 278 g/mol. The van der Waals surface area contributed by atoms with Crippen LogP contribution < -0.4 is 5.69 Å². The van der Waals surface area contributed by atoms with Crippen molar-refractivity contribution in [3.63, 3.8) is 0 Å². The largest absolute Gasteiger partial charge is 0.459 e. The predicted octanol–water partition coefficient (Wildman–Crippen LogP) is 0.162. The lowest BCUT2D eigenvalue weighted by Gasteiger charge is -2.05. The van der Waals surface area contributed by atoms with Crippen molar-refractivity contribution >= 4 is 23.2 Å². The lowest BCUT2D eigenvalue weighted by molar-refractivity contribution is -0.142. The molecule has 2 aromatic heterocycles. The fourth-order valence-electron chi connectivity index (χ4n) is 1.83. The molecule has 0 amide bonds. The molecule has 8 nitrogen and oxygen atoms in total. The van der Waals surface area contributed by atoms with E-state index in [0.717, 1.165) is 4.57 Å². The summed E-state index contributed by atoms with van der Waals surface area (Å²) in [6.07, 6.45) is 0. The zero-order valence-electron chi connectivity index (χ0n) is 11.6. The van der Waals surface area contributed by atoms with E-state index in [1.165, 1.54) is 25.5 Å². The van der Waals surface area contributed by atoms with E-state index in [-0.39, 0.29) is 12.3 Å². The Morgan fingerprint density at radius 3 is 2.40 bits per heavy atom. The van der Waals surface area contributed by atoms with E-state index >= 15 is 0 Å². The van der Waals surface area contributed by atoms with Crippen LogP contribution in [-0.4, -0.2) is 31.0 Å². The Bertz CT molecular complexity index is 772. The quantitative estimate of drug-likeness (QED) is 0.726. The number of hydrogen-bond acceptors (Lipinski definition) is 6. The minimum Gasteiger partial charge on any atom is -0.459 e. The summed E-state index contributed by atoms with van der Waals surface area (Å²) in [5, 5.41) is 0. The number of rotatable bonds is 2. The van der Waals surface area contributed by atoms with Crippen LogP contribution in [0.2, 0.25) is 0 Å². The van der Waals surface area contributed by atoms with Crippen LogP contribution in [0, 0.1) is 6.92 Å². The van der Waals surface area contributed by atoms with Gasteiger partial charge in [-0.2, -0.15) is 0 Å². The SMILES string of the molecule is CC(=O)OCc1nc2c(nc1C)n(C)c(=O)n2C(C)=O. The second kappa shape index (κ2) is 4.87. The lowest BCUT2D eigenvalue weighted by Crippen LogP contribution is -2.26. The summed E-state index contributed by atoms with van der Waals surface area (Å²) in [5.74, 6) is -0.888. The Kier molecular flexibility index (Phi) is 3.39. The van der Waals surface area contributed by atoms with Gasteiger partial charge in [-0.1, -0.05) is 0 Å². The molecule has 0 aromatic carbocycles. The van der Waals surface area contributed by atoms with Crippen LogP contribution in [0.15, 0.2) is 4.79 Å². The van der Waals surface area contributed by atoms with E-state index in [4.69, 9.17) is 4.74 Å². The molecule has 106 valence electrons. The number of aromatic nitrogens is 4. The molecule has 0 atom stereocenters. The van der Waals surface area contributed by atoms with E-state index in [9.17, 15) is 14.4 Å². The van der Waals surface area contributed by atoms with Gasteiger partial charge in [-0.3, -0.25) is 14.2 Å². The van der Waals surface area contributed by atoms with Gasteiger partial charge in [-0.05, 0) is 6.92 Å². The summed E-state index contributed by atoms with van der Waals surface area (Å²) in [4.78, 5) is 42.8. The number of carbonyl (C=O) groups is 2. The molecule has 0 bridgehead atoms. The molecular formula is C12H14N4O4. The molecule has 8 heteroatoms. The standard InChI is InChI=1S/C12H14N4O4/c1-6-9(5-20-8(3)18)14-11-10(13-6)15(4)12(19)16(11)7(2)17/h5H2,1-4H3. The molecule has 0 N–H and O–H groups in total. The summed E-state index contributed by atoms with van der Waals surface area (Å²) in [6, 6.07) is 0. The average Bonchev–Trinajstić information content (AvgIpc) is 2.59. The first-order valence-corrected chi connectivity index (χ1v) is 5.92. The predicted molar refractivity (Wildman–Crippen MR) is 69.3 cm³/mol. The molecule has 0 unspecified atom stereocenters. The zero-order valence-corrected chi connectivity index (χ0v) is 11.6. The Morgan fingerprint density at radius 2 is 1.85 bits per heavy atom. The van der Waals surface area contributed by atoms with Crippen LogP contribution in [0.1, 0.15) is 30.0 Å². The van der Waals surface area contributed by atoms with Crippen molar-refractivity contribution in [2.45, 2.75) is 27.4 Å². The van der Waals surface area contributed by atoms with Gasteiger partial charge in [0.05, 0.1) is 5.69 Å². The highest BCUT2D eigenvalue weighted by atomic mass is 16.5. The maximum atomic E-state index is 12.0. The molecule has 20 heavy (non-hydrogen) atoms. The van der Waals surface area contributed by atoms with Crippen molar-refractivity contribution in [3.05, 3.63) is 21.9 Å². The van der Waals surface area contributed by atoms with Crippen LogP contribution in [0.5, 0.6) is 0 Å². The van der Waals surface area contributed by atoms with E-state index in [0.29, 0.717) is 17.0 Å². The number of nitrogens with zero attached hydrogens (tertiary/aromatic N) is 4. The van der Waals surface area contributed by atoms with Crippen LogP contribution >= 0.6 is 0 Å². The van der Waals surface area contributed by atoms with Gasteiger partial charge in [0.1, 0.15) is 12.3 Å². The van der Waals surface area contributed by atoms with Gasteiger partial charge < -0.3 is 4.74 Å². The molecule has 0 radical (unpaired) electrons. The molecule has 0 saturated carbocycles. The third kappa shape index (κ3) is 2.20. The number of hydrogen-bond donors (Lipinski definition) is 0. The molecule has 0 aliphatic heterocycles. The zero-order chi connectivity index (χ0) is 15.0. The smallest absolute Gasteiger partial charge is 0.338 e. The van der Waals surface area contributed by atoms with Crippen molar-refractivity contribution in [2.24, 2.45) is 7.05 Å². The van der Waals surface area contributed by atoms with Gasteiger partial charge in [0.15, 0.2) is 11.3 Å². The van der Waals surface area contributed by atoms with Crippen molar-refractivity contribution in [3.8, 4) is 0 Å². The monoisotopic (exact) mass is 278 g/mol. The molecule has 0 spiro atoms. The molecule has 2 aromatic rings. The van der Waals surface area contributed by atoms with Crippen LogP contribution in [0.4, 0.5) is 0 Å². The minimum absolute atomic E-state index is 0.0505. The maximum Gasteiger partial charge on any atom is 0.338 e. The van der Waals surface area contributed by atoms with Crippen LogP contribution in [0.25, 0.3) is 11.3 Å². The molecule has 0 saturated heterocycles. The highest BCUT2D eigenvalue weighted by Gasteiger charge is 2.18. The molecule has 0 fully saturated rings. The van der Waals surface area contributed by atoms with E-state index < -0.39 is 17.6 Å². The van der Waals surface area contributed by atoms with E-state index in [2.05, 4.69) is 9.97 Å². The van der Waals surface area contributed by atoms with Crippen molar-refractivity contribution in [1.82, 2.24) is 19.1 Å². The number of carbonyl (C=O) groups excluding carboxylic acids is 2. The number of imidazole rings is 1. The Morgan fingerprint density at radius 1 is 1.20 bits per heavy atom. The summed E-state index contributed by atoms with van der Waals surface area (Å²) in [7, 11) is 1.52. The Labute approximate surface area is 114 Å². The van der Waals surface area contributed by atoms with Crippen LogP contribution in [0.3, 0.4) is 0 Å². The second-order valence-corrected chi connectivity index (χ2v) is 4.38. The maximum absolute atomic E-state index is 12.0. The Hall–Kier alpha value is -2.51. The molecule has 2 rings (SSSR count). The number of ether oxygens (including phenoxy) is 1. The summed E-state index contributed by atoms with van der Waals surface area (Å²) in [5.41, 5.74) is 0.923. The number of aryl methyl sites for hydroxylation is 2. The summed E-state index contributed by atoms with van der Waals surface area (Å²) < 4.78 is 7.07. The van der Waals surface area contributed by atoms with E-state index in [1.54, 1.807) is 6.92 Å². The first kappa shape index (κ1) is 13.9. The summed E-state index contributed by atoms with van der Waals surface area (Å²) in [6.45, 7) is 4.20. The molecule has 0 aliphatic rings. The second-order valence-electron chi connectivity index (χ2n) is 4.38. The van der Waals surface area contributed by atoms with E-state index in [1.807, 2.05) is 0 Å². The minimum atomic E-state index is -0.503. The number of esters is 1. The highest BCUT2D eigenvalue weighted by molar-refractivity contribution is 5.85. The van der Waals surface area contributed by atoms with Crippen molar-refractivity contribution in [2.75, 3.05) is 0 Å².